The number of rotatable bonds is 19. The van der Waals surface area contributed by atoms with Crippen molar-refractivity contribution in [1.82, 2.24) is 19.9 Å². The number of nitriles is 1. The summed E-state index contributed by atoms with van der Waals surface area (Å²) in [5.74, 6) is -1.85. The van der Waals surface area contributed by atoms with E-state index in [-0.39, 0.29) is 98.7 Å². The van der Waals surface area contributed by atoms with E-state index in [1.54, 1.807) is 41.5 Å². The summed E-state index contributed by atoms with van der Waals surface area (Å²) in [6.07, 6.45) is -8.29. The van der Waals surface area contributed by atoms with Crippen molar-refractivity contribution in [2.24, 2.45) is 22.9 Å². The molecule has 4 unspecified atom stereocenters. The summed E-state index contributed by atoms with van der Waals surface area (Å²) in [4.78, 5) is 76.1. The number of non-ortho nitro benzene ring substituents is 1. The molecule has 4 aromatic heterocycles. The number of methoxy groups -OCH3 is 1. The van der Waals surface area contributed by atoms with E-state index < -0.39 is 63.4 Å². The minimum absolute atomic E-state index is 0.0115. The van der Waals surface area contributed by atoms with Gasteiger partial charge < -0.3 is 59.0 Å². The maximum absolute atomic E-state index is 13.3. The van der Waals surface area contributed by atoms with Crippen LogP contribution in [0, 0.1) is 28.4 Å². The Hall–Kier alpha value is -9.06. The number of anilines is 5. The van der Waals surface area contributed by atoms with E-state index in [0.717, 1.165) is 64.3 Å². The first-order chi connectivity index (χ1) is 44.0. The van der Waals surface area contributed by atoms with Gasteiger partial charge in [0.2, 0.25) is 0 Å². The fourth-order valence-corrected chi connectivity index (χ4v) is 10.5. The van der Waals surface area contributed by atoms with Crippen LogP contribution < -0.4 is 54.3 Å². The SMILES string of the molecule is CC(N)c1ncc(C(=O)Nc2ccc(C#N)c(C(F)(F)F)c2)s1.CCOc1ccc(C(F)(F)F)cc1NC(=O)c1cnc(C(C)N)s1.COCCNc1ccc(NC(=O)c2cnc(C(C)N)s2)cc1C(F)(F)F.Cc1cc([N+](=O)[O-])ccc1NC(=O)c1cnc(C(C)N)s1. The Morgan fingerprint density at radius 2 is 1.00 bits per heavy atom. The predicted molar refractivity (Wildman–Crippen MR) is 339 cm³/mol. The molecule has 0 aliphatic rings. The second-order valence-electron chi connectivity index (χ2n) is 19.7. The van der Waals surface area contributed by atoms with E-state index in [1.165, 1.54) is 91.8 Å². The number of alkyl halides is 9. The monoisotopic (exact) mass is 1390 g/mol. The zero-order chi connectivity index (χ0) is 70.0. The van der Waals surface area contributed by atoms with Gasteiger partial charge in [0.1, 0.15) is 45.3 Å². The number of aromatic nitrogens is 4. The first-order valence-corrected chi connectivity index (χ1v) is 30.6. The van der Waals surface area contributed by atoms with Gasteiger partial charge in [0.05, 0.1) is 101 Å². The van der Waals surface area contributed by atoms with Crippen molar-refractivity contribution in [2.75, 3.05) is 53.5 Å². The Balaban J connectivity index is 0.000000228. The van der Waals surface area contributed by atoms with Crippen molar-refractivity contribution in [3.8, 4) is 11.8 Å². The van der Waals surface area contributed by atoms with Gasteiger partial charge in [0.25, 0.3) is 29.3 Å². The molecule has 0 aliphatic heterocycles. The minimum Gasteiger partial charge on any atom is -0.492 e. The highest BCUT2D eigenvalue weighted by Crippen LogP contribution is 2.39. The van der Waals surface area contributed by atoms with Crippen LogP contribution in [0.5, 0.6) is 5.75 Å². The predicted octanol–water partition coefficient (Wildman–Crippen LogP) is 13.3. The number of ether oxygens (including phenoxy) is 2. The van der Waals surface area contributed by atoms with Gasteiger partial charge >= 0.3 is 18.5 Å². The van der Waals surface area contributed by atoms with E-state index >= 15 is 0 Å². The number of carbonyl (C=O) groups is 4. The lowest BCUT2D eigenvalue weighted by Crippen LogP contribution is -2.16. The Kier molecular flexibility index (Phi) is 27.1. The van der Waals surface area contributed by atoms with Crippen molar-refractivity contribution in [3.63, 3.8) is 0 Å². The summed E-state index contributed by atoms with van der Waals surface area (Å²) in [6, 6.07) is 14.0. The van der Waals surface area contributed by atoms with Crippen LogP contribution in [0.25, 0.3) is 0 Å². The normalized spacial score (nSPS) is 12.5. The lowest BCUT2D eigenvalue weighted by Gasteiger charge is -2.16. The molecule has 0 fully saturated rings. The zero-order valence-electron chi connectivity index (χ0n) is 50.5. The molecular formula is C58H60F9N15O8S4. The second-order valence-corrected chi connectivity index (χ2v) is 23.9. The summed E-state index contributed by atoms with van der Waals surface area (Å²) < 4.78 is 127. The third-order valence-electron chi connectivity index (χ3n) is 12.0. The van der Waals surface area contributed by atoms with Crippen LogP contribution >= 0.6 is 45.3 Å². The quantitative estimate of drug-likeness (QED) is 0.0157. The number of aryl methyl sites for hydroxylation is 1. The fourth-order valence-electron chi connectivity index (χ4n) is 7.41. The van der Waals surface area contributed by atoms with Gasteiger partial charge in [-0.25, -0.2) is 19.9 Å². The molecular weight excluding hydrogens is 1330 g/mol. The number of nitrogens with one attached hydrogen (secondary N) is 5. The van der Waals surface area contributed by atoms with Gasteiger partial charge in [-0.15, -0.1) is 45.3 Å². The highest BCUT2D eigenvalue weighted by atomic mass is 32.1. The molecule has 0 radical (unpaired) electrons. The van der Waals surface area contributed by atoms with Gasteiger partial charge in [-0.1, -0.05) is 0 Å². The molecule has 0 aliphatic carbocycles. The highest BCUT2D eigenvalue weighted by molar-refractivity contribution is 7.14. The number of nitro groups is 1. The minimum atomic E-state index is -4.68. The van der Waals surface area contributed by atoms with Crippen molar-refractivity contribution >= 4 is 103 Å². The fraction of sp³-hybridized carbons (Fsp3) is 0.293. The Morgan fingerprint density at radius 3 is 1.37 bits per heavy atom. The Labute approximate surface area is 546 Å². The molecule has 36 heteroatoms. The van der Waals surface area contributed by atoms with Gasteiger partial charge in [-0.3, -0.25) is 29.3 Å². The molecule has 0 saturated heterocycles. The zero-order valence-corrected chi connectivity index (χ0v) is 53.7. The Morgan fingerprint density at radius 1 is 0.585 bits per heavy atom. The molecule has 94 heavy (non-hydrogen) atoms. The molecule has 4 amide bonds. The first kappa shape index (κ1) is 75.7. The number of hydrogen-bond acceptors (Lipinski definition) is 22. The van der Waals surface area contributed by atoms with E-state index in [0.29, 0.717) is 36.2 Å². The molecule has 502 valence electrons. The number of nitrogens with zero attached hydrogens (tertiary/aromatic N) is 6. The number of hydrogen-bond donors (Lipinski definition) is 9. The molecule has 0 saturated carbocycles. The molecule has 0 bridgehead atoms. The van der Waals surface area contributed by atoms with E-state index in [1.807, 2.05) is 0 Å². The average Bonchev–Trinajstić information content (AvgIpc) is 1.07. The molecule has 4 aromatic carbocycles. The number of carbonyl (C=O) groups excluding carboxylic acids is 4. The van der Waals surface area contributed by atoms with E-state index in [9.17, 15) is 68.8 Å². The first-order valence-electron chi connectivity index (χ1n) is 27.3. The molecule has 8 aromatic rings. The standard InChI is InChI=1S/C16H19F3N4O2S.C15H16F3N3O2S.C14H11F3N4OS.C13H14N4O3S/c1-9(20)15-22-8-13(26-15)14(24)23-10-3-4-12(21-5-6-25-2)11(7-10)16(17,18)19;1-3-23-11-5-4-9(15(16,17)18)6-10(11)21-13(22)12-7-20-14(24-12)8(2)19;1-7(19)13-20-6-11(23-13)12(22)21-9-3-2-8(5-18)10(4-9)14(15,16)17;1-7-5-9(17(19)20)3-4-10(7)16-12(18)11-6-15-13(21-11)8(2)14/h3-4,7-9,21H,5-6,20H2,1-2H3,(H,23,24);4-8H,3,19H2,1-2H3,(H,21,22);2-4,6-7H,19H2,1H3,(H,21,22);3-6,8H,14H2,1-2H3,(H,16,18). The van der Waals surface area contributed by atoms with Gasteiger partial charge in [0.15, 0.2) is 0 Å². The van der Waals surface area contributed by atoms with Crippen LogP contribution in [-0.4, -0.2) is 75.4 Å². The van der Waals surface area contributed by atoms with Crippen molar-refractivity contribution in [1.29, 1.82) is 5.26 Å². The number of thiazole rings is 4. The van der Waals surface area contributed by atoms with E-state index in [4.69, 9.17) is 37.7 Å². The summed E-state index contributed by atoms with van der Waals surface area (Å²) >= 11 is 4.47. The van der Waals surface area contributed by atoms with Crippen LogP contribution in [0.1, 0.15) is 145 Å². The van der Waals surface area contributed by atoms with Crippen LogP contribution in [-0.2, 0) is 23.3 Å². The molecule has 23 nitrogen and oxygen atoms in total. The maximum Gasteiger partial charge on any atom is 0.418 e. The topological polar surface area (TPSA) is 369 Å². The summed E-state index contributed by atoms with van der Waals surface area (Å²) in [5, 5.41) is 34.4. The lowest BCUT2D eigenvalue weighted by atomic mass is 10.1. The maximum atomic E-state index is 13.3. The highest BCUT2D eigenvalue weighted by Gasteiger charge is 2.36. The third-order valence-corrected chi connectivity index (χ3v) is 16.8. The summed E-state index contributed by atoms with van der Waals surface area (Å²) in [7, 11) is 1.46. The van der Waals surface area contributed by atoms with Crippen LogP contribution in [0.15, 0.2) is 97.6 Å². The largest absolute Gasteiger partial charge is 0.492 e. The lowest BCUT2D eigenvalue weighted by molar-refractivity contribution is -0.384. The number of nitrogens with two attached hydrogens (primary N) is 4. The smallest absolute Gasteiger partial charge is 0.418 e. The molecule has 0 spiro atoms. The van der Waals surface area contributed by atoms with Crippen molar-refractivity contribution in [2.45, 2.75) is 84.2 Å². The van der Waals surface area contributed by atoms with Crippen LogP contribution in [0.4, 0.5) is 73.6 Å². The molecule has 4 heterocycles. The Bertz CT molecular complexity index is 3970. The number of benzene rings is 4. The summed E-state index contributed by atoms with van der Waals surface area (Å²) in [5.41, 5.74) is 20.4. The summed E-state index contributed by atoms with van der Waals surface area (Å²) in [6.45, 7) is 11.1. The van der Waals surface area contributed by atoms with Gasteiger partial charge in [-0.05, 0) is 108 Å². The van der Waals surface area contributed by atoms with Crippen LogP contribution in [0.3, 0.4) is 0 Å². The molecule has 13 N–H and O–H groups in total. The van der Waals surface area contributed by atoms with Gasteiger partial charge in [0, 0.05) is 48.5 Å². The van der Waals surface area contributed by atoms with E-state index in [2.05, 4.69) is 46.5 Å². The average molecular weight is 1390 g/mol. The number of nitro benzene ring substituents is 1. The van der Waals surface area contributed by atoms with Crippen LogP contribution in [0.2, 0.25) is 0 Å². The van der Waals surface area contributed by atoms with Crippen molar-refractivity contribution < 1.29 is 73.1 Å². The van der Waals surface area contributed by atoms with Crippen molar-refractivity contribution in [3.05, 3.63) is 175 Å². The number of amides is 4. The third kappa shape index (κ3) is 22.0. The molecule has 8 rings (SSSR count). The molecule has 4 atom stereocenters. The number of halogens is 9. The van der Waals surface area contributed by atoms with Gasteiger partial charge in [-0.2, -0.15) is 44.8 Å². The second kappa shape index (κ2) is 33.7.